The molecule has 1 unspecified atom stereocenters. The van der Waals surface area contributed by atoms with Crippen LogP contribution in [0.3, 0.4) is 0 Å². The first-order chi connectivity index (χ1) is 30.6. The summed E-state index contributed by atoms with van der Waals surface area (Å²) in [7, 11) is 0. The molecule has 6 nitrogen and oxygen atoms in total. The van der Waals surface area contributed by atoms with Gasteiger partial charge in [-0.05, 0) is 64.3 Å². The zero-order valence-corrected chi connectivity index (χ0v) is 41.8. The van der Waals surface area contributed by atoms with Crippen LogP contribution in [0.4, 0.5) is 0 Å². The van der Waals surface area contributed by atoms with Crippen LogP contribution in [0.2, 0.25) is 0 Å². The average molecular weight is 876 g/mol. The van der Waals surface area contributed by atoms with Crippen molar-refractivity contribution in [2.24, 2.45) is 5.73 Å². The average Bonchev–Trinajstić information content (AvgIpc) is 3.27. The highest BCUT2D eigenvalue weighted by molar-refractivity contribution is 5.69. The van der Waals surface area contributed by atoms with Crippen molar-refractivity contribution in [1.29, 1.82) is 0 Å². The predicted molar refractivity (Wildman–Crippen MR) is 271 cm³/mol. The Morgan fingerprint density at radius 1 is 0.452 bits per heavy atom. The number of hydrogen-bond donors (Lipinski definition) is 3. The topological polar surface area (TPSA) is 102 Å². The maximum Gasteiger partial charge on any atom is 0.305 e. The molecule has 6 heteroatoms. The van der Waals surface area contributed by atoms with Crippen LogP contribution in [0.1, 0.15) is 309 Å². The van der Waals surface area contributed by atoms with Crippen molar-refractivity contribution in [1.82, 2.24) is 5.32 Å². The minimum Gasteiger partial charge on any atom is -0.481 e. The van der Waals surface area contributed by atoms with E-state index in [4.69, 9.17) is 15.6 Å². The summed E-state index contributed by atoms with van der Waals surface area (Å²) in [6.07, 6.45) is 64.4. The van der Waals surface area contributed by atoms with E-state index in [1.165, 1.54) is 263 Å². The molecule has 0 aromatic carbocycles. The van der Waals surface area contributed by atoms with Gasteiger partial charge >= 0.3 is 11.9 Å². The van der Waals surface area contributed by atoms with Crippen LogP contribution >= 0.6 is 0 Å². The molecule has 0 radical (unpaired) electrons. The molecule has 1 atom stereocenters. The molecule has 0 saturated carbocycles. The highest BCUT2D eigenvalue weighted by Crippen LogP contribution is 2.17. The maximum atomic E-state index is 12.1. The van der Waals surface area contributed by atoms with Gasteiger partial charge in [-0.3, -0.25) is 9.59 Å². The summed E-state index contributed by atoms with van der Waals surface area (Å²) in [4.78, 5) is 22.6. The van der Waals surface area contributed by atoms with Crippen molar-refractivity contribution >= 4 is 11.9 Å². The summed E-state index contributed by atoms with van der Waals surface area (Å²) >= 11 is 0. The summed E-state index contributed by atoms with van der Waals surface area (Å²) in [6, 6.07) is 0.498. The lowest BCUT2D eigenvalue weighted by Crippen LogP contribution is -2.36. The lowest BCUT2D eigenvalue weighted by molar-refractivity contribution is -0.144. The Bertz CT molecular complexity index is 910. The Labute approximate surface area is 387 Å². The molecule has 0 aliphatic carbocycles. The molecular formula is C56H110N2O4. The fraction of sp³-hybridized carbons (Fsp3) is 0.929. The van der Waals surface area contributed by atoms with Crippen molar-refractivity contribution in [2.75, 3.05) is 19.7 Å². The number of esters is 1. The molecule has 0 aliphatic rings. The number of nitrogens with one attached hydrogen (secondary N) is 1. The Morgan fingerprint density at radius 2 is 0.790 bits per heavy atom. The highest BCUT2D eigenvalue weighted by Gasteiger charge is 2.06. The predicted octanol–water partition coefficient (Wildman–Crippen LogP) is 17.4. The third-order valence-corrected chi connectivity index (χ3v) is 13.1. The van der Waals surface area contributed by atoms with Gasteiger partial charge < -0.3 is 20.9 Å². The van der Waals surface area contributed by atoms with Crippen LogP contribution < -0.4 is 11.1 Å². The summed E-state index contributed by atoms with van der Waals surface area (Å²) in [5, 5.41) is 12.4. The van der Waals surface area contributed by atoms with E-state index < -0.39 is 5.97 Å². The molecule has 62 heavy (non-hydrogen) atoms. The summed E-state index contributed by atoms with van der Waals surface area (Å²) in [5.74, 6) is -0.644. The van der Waals surface area contributed by atoms with E-state index in [9.17, 15) is 9.59 Å². The van der Waals surface area contributed by atoms with Crippen LogP contribution in [0.25, 0.3) is 0 Å². The molecule has 0 aliphatic heterocycles. The molecule has 4 N–H and O–H groups in total. The van der Waals surface area contributed by atoms with Gasteiger partial charge in [-0.2, -0.15) is 0 Å². The second-order valence-electron chi connectivity index (χ2n) is 19.3. The third-order valence-electron chi connectivity index (χ3n) is 13.1. The lowest BCUT2D eigenvalue weighted by atomic mass is 10.0. The minimum atomic E-state index is -0.658. The quantitative estimate of drug-likeness (QED) is 0.0320. The zero-order chi connectivity index (χ0) is 44.9. The second-order valence-corrected chi connectivity index (χ2v) is 19.3. The van der Waals surface area contributed by atoms with Gasteiger partial charge in [0.25, 0.3) is 0 Å². The van der Waals surface area contributed by atoms with Gasteiger partial charge in [0.05, 0.1) is 6.61 Å². The van der Waals surface area contributed by atoms with Gasteiger partial charge in [0, 0.05) is 25.4 Å². The maximum absolute atomic E-state index is 12.1. The van der Waals surface area contributed by atoms with Crippen LogP contribution in [0.5, 0.6) is 0 Å². The number of rotatable bonds is 54. The molecule has 0 heterocycles. The molecule has 0 saturated heterocycles. The van der Waals surface area contributed by atoms with Crippen LogP contribution in [0, 0.1) is 0 Å². The number of aliphatic carboxylic acids is 1. The van der Waals surface area contributed by atoms with Gasteiger partial charge in [-0.1, -0.05) is 250 Å². The van der Waals surface area contributed by atoms with Gasteiger partial charge in [-0.15, -0.1) is 0 Å². The molecule has 0 bridgehead atoms. The lowest BCUT2D eigenvalue weighted by Gasteiger charge is -2.16. The van der Waals surface area contributed by atoms with E-state index in [1.807, 2.05) is 0 Å². The third kappa shape index (κ3) is 52.9. The summed E-state index contributed by atoms with van der Waals surface area (Å²) in [5.41, 5.74) is 6.08. The van der Waals surface area contributed by atoms with E-state index in [1.54, 1.807) is 0 Å². The number of carbonyl (C=O) groups is 2. The van der Waals surface area contributed by atoms with Crippen molar-refractivity contribution in [3.05, 3.63) is 12.2 Å². The number of carboxylic acid groups (broad SMARTS) is 1. The summed E-state index contributed by atoms with van der Waals surface area (Å²) in [6.45, 7) is 4.78. The molecule has 0 rings (SSSR count). The Balaban J connectivity index is 3.29. The number of unbranched alkanes of at least 4 members (excludes halogenated alkanes) is 40. The van der Waals surface area contributed by atoms with E-state index in [2.05, 4.69) is 24.4 Å². The number of allylic oxidation sites excluding steroid dienone is 2. The van der Waals surface area contributed by atoms with Gasteiger partial charge in [0.2, 0.25) is 0 Å². The van der Waals surface area contributed by atoms with Gasteiger partial charge in [-0.25, -0.2) is 0 Å². The number of hydrogen-bond acceptors (Lipinski definition) is 5. The van der Waals surface area contributed by atoms with Crippen molar-refractivity contribution in [3.63, 3.8) is 0 Å². The molecule has 0 spiro atoms. The van der Waals surface area contributed by atoms with Crippen LogP contribution in [-0.4, -0.2) is 42.8 Å². The molecule has 0 amide bonds. The fourth-order valence-electron chi connectivity index (χ4n) is 8.87. The standard InChI is InChI=1S/C56H110N2O4/c1-2-3-4-5-6-7-8-9-10-17-22-27-32-37-42-47-52-62-56(61)50-45-40-35-30-25-20-15-12-16-21-26-31-36-41-46-51-58-54(53-57)48-43-38-33-28-23-18-13-11-14-19-24-29-34-39-44-49-55(59)60/h9-10,54,58H,2-8,11-53,57H2,1H3,(H,59,60)/b10-9-. The Morgan fingerprint density at radius 3 is 1.19 bits per heavy atom. The monoisotopic (exact) mass is 875 g/mol. The minimum absolute atomic E-state index is 0.0137. The van der Waals surface area contributed by atoms with E-state index in [0.717, 1.165) is 38.8 Å². The number of carbonyl (C=O) groups excluding carboxylic acids is 1. The highest BCUT2D eigenvalue weighted by atomic mass is 16.5. The van der Waals surface area contributed by atoms with Crippen molar-refractivity contribution in [2.45, 2.75) is 315 Å². The molecule has 0 fully saturated rings. The van der Waals surface area contributed by atoms with Gasteiger partial charge in [0.15, 0.2) is 0 Å². The molecular weight excluding hydrogens is 765 g/mol. The SMILES string of the molecule is CCCCCCCC/C=C\CCCCCCCCOC(=O)CCCCCCCCCCCCCCCCCNC(CN)CCCCCCCCCCCCCCCCCC(=O)O. The number of carboxylic acids is 1. The van der Waals surface area contributed by atoms with E-state index in [-0.39, 0.29) is 5.97 Å². The Hall–Kier alpha value is -1.40. The molecule has 0 aromatic heterocycles. The van der Waals surface area contributed by atoms with Gasteiger partial charge in [0.1, 0.15) is 0 Å². The van der Waals surface area contributed by atoms with E-state index in [0.29, 0.717) is 25.5 Å². The van der Waals surface area contributed by atoms with E-state index >= 15 is 0 Å². The second kappa shape index (κ2) is 53.9. The fourth-order valence-corrected chi connectivity index (χ4v) is 8.87. The summed E-state index contributed by atoms with van der Waals surface area (Å²) < 4.78 is 5.48. The number of nitrogens with two attached hydrogens (primary N) is 1. The Kier molecular flexibility index (Phi) is 52.7. The largest absolute Gasteiger partial charge is 0.481 e. The van der Waals surface area contributed by atoms with Crippen LogP contribution in [-0.2, 0) is 14.3 Å². The molecule has 368 valence electrons. The number of ether oxygens (including phenoxy) is 1. The first kappa shape index (κ1) is 60.6. The van der Waals surface area contributed by atoms with Crippen molar-refractivity contribution < 1.29 is 19.4 Å². The van der Waals surface area contributed by atoms with Crippen LogP contribution in [0.15, 0.2) is 12.2 Å². The first-order valence-electron chi connectivity index (χ1n) is 28.1. The smallest absolute Gasteiger partial charge is 0.305 e. The zero-order valence-electron chi connectivity index (χ0n) is 41.8. The first-order valence-corrected chi connectivity index (χ1v) is 28.1. The molecule has 0 aromatic rings. The normalized spacial score (nSPS) is 12.2. The van der Waals surface area contributed by atoms with Crippen molar-refractivity contribution in [3.8, 4) is 0 Å².